The molecular weight excluding hydrogens is 759 g/mol. The fourth-order valence-corrected chi connectivity index (χ4v) is 12.0. The van der Waals surface area contributed by atoms with Crippen molar-refractivity contribution in [3.8, 4) is 40.0 Å². The van der Waals surface area contributed by atoms with E-state index >= 15 is 0 Å². The molecule has 6 aromatic carbocycles. The molecule has 296 valence electrons. The molecule has 1 aromatic heterocycles. The fourth-order valence-electron chi connectivity index (χ4n) is 7.58. The van der Waals surface area contributed by atoms with Crippen molar-refractivity contribution < 1.29 is 15.0 Å². The molecular formula is C49H51ClN4O3P+. The molecule has 0 aliphatic heterocycles. The molecule has 1 amide bonds. The number of benzene rings is 6. The number of carbonyl (C=O) groups excluding carboxylic acids is 1. The Bertz CT molecular complexity index is 2240. The van der Waals surface area contributed by atoms with Crippen LogP contribution in [0, 0.1) is 0 Å². The van der Waals surface area contributed by atoms with E-state index in [0.29, 0.717) is 40.6 Å². The van der Waals surface area contributed by atoms with Gasteiger partial charge < -0.3 is 15.5 Å². The summed E-state index contributed by atoms with van der Waals surface area (Å²) in [5.74, 6) is 0.751. The van der Waals surface area contributed by atoms with E-state index in [-0.39, 0.29) is 29.8 Å². The van der Waals surface area contributed by atoms with Crippen LogP contribution in [-0.4, -0.2) is 43.6 Å². The number of halogens is 1. The predicted molar refractivity (Wildman–Crippen MR) is 242 cm³/mol. The van der Waals surface area contributed by atoms with Crippen molar-refractivity contribution >= 4 is 41.5 Å². The first-order valence-electron chi connectivity index (χ1n) is 20.0. The van der Waals surface area contributed by atoms with Crippen molar-refractivity contribution in [2.75, 3.05) is 12.7 Å². The molecule has 9 heteroatoms. The highest BCUT2D eigenvalue weighted by Gasteiger charge is 2.44. The second kappa shape index (κ2) is 20.6. The Morgan fingerprint density at radius 3 is 1.50 bits per heavy atom. The molecule has 0 unspecified atom stereocenters. The summed E-state index contributed by atoms with van der Waals surface area (Å²) in [7, 11) is -1.76. The topological polar surface area (TPSA) is 100 Å². The number of hydrogen-bond acceptors (Lipinski definition) is 5. The van der Waals surface area contributed by atoms with Gasteiger partial charge in [0.05, 0.1) is 23.0 Å². The van der Waals surface area contributed by atoms with E-state index in [9.17, 15) is 15.0 Å². The minimum absolute atomic E-state index is 0. The van der Waals surface area contributed by atoms with Crippen LogP contribution in [0.5, 0.6) is 11.5 Å². The molecule has 0 atom stereocenters. The van der Waals surface area contributed by atoms with E-state index in [0.717, 1.165) is 12.8 Å². The molecule has 0 aliphatic carbocycles. The molecule has 58 heavy (non-hydrogen) atoms. The lowest BCUT2D eigenvalue weighted by molar-refractivity contribution is 0.0953. The SMILES string of the molecule is Cl.O=C(NCCCCCCCCCC[P+](c1ccccc1)(c1ccccc1)c1ccccc1)c1ccc(-n2nc(-c3ccccc3O)nc2-c2ccccc2O)cc1. The van der Waals surface area contributed by atoms with Gasteiger partial charge in [-0.1, -0.05) is 111 Å². The zero-order valence-electron chi connectivity index (χ0n) is 32.7. The lowest BCUT2D eigenvalue weighted by atomic mass is 10.1. The van der Waals surface area contributed by atoms with Gasteiger partial charge in [-0.3, -0.25) is 4.79 Å². The number of phenols is 2. The molecule has 0 saturated heterocycles. The van der Waals surface area contributed by atoms with E-state index in [1.165, 1.54) is 60.6 Å². The number of rotatable bonds is 18. The van der Waals surface area contributed by atoms with Gasteiger partial charge in [0.15, 0.2) is 11.6 Å². The summed E-state index contributed by atoms with van der Waals surface area (Å²) < 4.78 is 1.62. The average Bonchev–Trinajstić information content (AvgIpc) is 3.70. The summed E-state index contributed by atoms with van der Waals surface area (Å²) in [6, 6.07) is 54.4. The van der Waals surface area contributed by atoms with Crippen molar-refractivity contribution in [3.05, 3.63) is 169 Å². The van der Waals surface area contributed by atoms with Crippen LogP contribution < -0.4 is 21.2 Å². The van der Waals surface area contributed by atoms with Crippen LogP contribution in [0.2, 0.25) is 0 Å². The van der Waals surface area contributed by atoms with Gasteiger partial charge in [0.1, 0.15) is 34.7 Å². The van der Waals surface area contributed by atoms with Crippen LogP contribution in [0.25, 0.3) is 28.5 Å². The van der Waals surface area contributed by atoms with E-state index in [1.54, 1.807) is 53.2 Å². The summed E-state index contributed by atoms with van der Waals surface area (Å²) >= 11 is 0. The minimum atomic E-state index is -1.76. The maximum absolute atomic E-state index is 13.0. The second-order valence-electron chi connectivity index (χ2n) is 14.4. The Morgan fingerprint density at radius 2 is 0.983 bits per heavy atom. The van der Waals surface area contributed by atoms with E-state index in [4.69, 9.17) is 0 Å². The number of aromatic nitrogens is 3. The minimum Gasteiger partial charge on any atom is -0.507 e. The number of unbranched alkanes of at least 4 members (excludes halogenated alkanes) is 7. The number of para-hydroxylation sites is 2. The zero-order chi connectivity index (χ0) is 39.3. The molecule has 7 rings (SSSR count). The quantitative estimate of drug-likeness (QED) is 0.0592. The highest BCUT2D eigenvalue weighted by atomic mass is 35.5. The summed E-state index contributed by atoms with van der Waals surface area (Å²) in [4.78, 5) is 17.7. The van der Waals surface area contributed by atoms with Crippen LogP contribution in [0.3, 0.4) is 0 Å². The lowest BCUT2D eigenvalue weighted by Crippen LogP contribution is -2.33. The number of carbonyl (C=O) groups is 1. The first-order valence-corrected chi connectivity index (χ1v) is 22.0. The summed E-state index contributed by atoms with van der Waals surface area (Å²) in [5, 5.41) is 33.2. The number of phenolic OH excluding ortho intramolecular Hbond substituents is 2. The van der Waals surface area contributed by atoms with Crippen molar-refractivity contribution in [2.45, 2.75) is 51.4 Å². The van der Waals surface area contributed by atoms with Crippen LogP contribution in [0.4, 0.5) is 0 Å². The van der Waals surface area contributed by atoms with Gasteiger partial charge in [-0.2, -0.15) is 0 Å². The maximum Gasteiger partial charge on any atom is 0.251 e. The third-order valence-electron chi connectivity index (χ3n) is 10.6. The van der Waals surface area contributed by atoms with E-state index < -0.39 is 7.26 Å². The molecule has 7 aromatic rings. The Labute approximate surface area is 348 Å². The molecule has 1 heterocycles. The predicted octanol–water partition coefficient (Wildman–Crippen LogP) is 10.3. The zero-order valence-corrected chi connectivity index (χ0v) is 34.4. The molecule has 0 spiro atoms. The smallest absolute Gasteiger partial charge is 0.251 e. The van der Waals surface area contributed by atoms with Crippen LogP contribution in [0.1, 0.15) is 61.7 Å². The molecule has 0 fully saturated rings. The third-order valence-corrected chi connectivity index (χ3v) is 15.1. The van der Waals surface area contributed by atoms with E-state index in [2.05, 4.69) is 106 Å². The van der Waals surface area contributed by atoms with Gasteiger partial charge >= 0.3 is 0 Å². The summed E-state index contributed by atoms with van der Waals surface area (Å²) in [5.41, 5.74) is 2.21. The van der Waals surface area contributed by atoms with Crippen LogP contribution >= 0.6 is 19.7 Å². The number of nitrogens with zero attached hydrogens (tertiary/aromatic N) is 3. The standard InChI is InChI=1S/C49H49N4O3P.ClH/c54-45-30-18-16-28-43(45)47-51-48(44-29-17-19-31-46(44)55)53(52-47)39-34-32-38(33-35-39)49(56)50-36-20-5-3-1-2-4-6-21-37-57(40-22-10-7-11-23-40,41-24-12-8-13-25-41)42-26-14-9-15-27-42;/h7-19,22-35H,1-6,20-21,36-37H2,(H2-,50,51,52,54,55,56);1H/p+1. The Morgan fingerprint density at radius 1 is 0.534 bits per heavy atom. The lowest BCUT2D eigenvalue weighted by Gasteiger charge is -2.27. The van der Waals surface area contributed by atoms with Crippen LogP contribution in [-0.2, 0) is 0 Å². The fraction of sp³-hybridized carbons (Fsp3) is 0.204. The number of aromatic hydroxyl groups is 2. The second-order valence-corrected chi connectivity index (χ2v) is 18.0. The van der Waals surface area contributed by atoms with Crippen molar-refractivity contribution in [1.82, 2.24) is 20.1 Å². The van der Waals surface area contributed by atoms with Gasteiger partial charge in [-0.25, -0.2) is 9.67 Å². The number of nitrogens with one attached hydrogen (secondary N) is 1. The van der Waals surface area contributed by atoms with Gasteiger partial charge in [0, 0.05) is 12.1 Å². The van der Waals surface area contributed by atoms with E-state index in [1.807, 2.05) is 24.3 Å². The maximum atomic E-state index is 13.0. The highest BCUT2D eigenvalue weighted by Crippen LogP contribution is 2.56. The van der Waals surface area contributed by atoms with Crippen molar-refractivity contribution in [2.24, 2.45) is 0 Å². The largest absolute Gasteiger partial charge is 0.507 e. The molecule has 0 saturated carbocycles. The van der Waals surface area contributed by atoms with Gasteiger partial charge in [-0.05, 0) is 104 Å². The van der Waals surface area contributed by atoms with Crippen molar-refractivity contribution in [1.29, 1.82) is 0 Å². The number of hydrogen-bond donors (Lipinski definition) is 3. The summed E-state index contributed by atoms with van der Waals surface area (Å²) in [6.07, 6.45) is 10.5. The Kier molecular flexibility index (Phi) is 14.9. The Balaban J connectivity index is 0.00000567. The first-order chi connectivity index (χ1) is 28.0. The highest BCUT2D eigenvalue weighted by molar-refractivity contribution is 7.95. The molecule has 0 aliphatic rings. The van der Waals surface area contributed by atoms with Gasteiger partial charge in [0.25, 0.3) is 5.91 Å². The van der Waals surface area contributed by atoms with Gasteiger partial charge in [-0.15, -0.1) is 17.5 Å². The average molecular weight is 810 g/mol. The van der Waals surface area contributed by atoms with Crippen LogP contribution in [0.15, 0.2) is 164 Å². The third kappa shape index (κ3) is 9.85. The number of amides is 1. The Hall–Kier alpha value is -5.75. The molecule has 0 bridgehead atoms. The normalized spacial score (nSPS) is 11.2. The molecule has 3 N–H and O–H groups in total. The van der Waals surface area contributed by atoms with Crippen molar-refractivity contribution in [3.63, 3.8) is 0 Å². The first kappa shape index (κ1) is 41.9. The van der Waals surface area contributed by atoms with Gasteiger partial charge in [0.2, 0.25) is 0 Å². The summed E-state index contributed by atoms with van der Waals surface area (Å²) in [6.45, 7) is 0.634. The molecule has 7 nitrogen and oxygen atoms in total. The monoisotopic (exact) mass is 809 g/mol. The molecule has 0 radical (unpaired) electrons.